The molecular formula is C19H32N4O3. The number of ether oxygens (including phenoxy) is 1. The van der Waals surface area contributed by atoms with Crippen LogP contribution in [-0.2, 0) is 22.5 Å². The molecule has 1 aromatic heterocycles. The lowest BCUT2D eigenvalue weighted by atomic mass is 9.96. The number of aromatic nitrogens is 3. The highest BCUT2D eigenvalue weighted by Crippen LogP contribution is 2.27. The van der Waals surface area contributed by atoms with Crippen LogP contribution in [0.4, 0.5) is 0 Å². The summed E-state index contributed by atoms with van der Waals surface area (Å²) in [5.41, 5.74) is 1.03. The van der Waals surface area contributed by atoms with Gasteiger partial charge in [0.2, 0.25) is 5.91 Å². The fourth-order valence-electron chi connectivity index (χ4n) is 4.09. The van der Waals surface area contributed by atoms with Crippen LogP contribution in [0.2, 0.25) is 0 Å². The van der Waals surface area contributed by atoms with Crippen LogP contribution in [0.5, 0.6) is 0 Å². The summed E-state index contributed by atoms with van der Waals surface area (Å²) in [5, 5.41) is 21.2. The zero-order valence-corrected chi connectivity index (χ0v) is 15.8. The molecule has 7 heteroatoms. The topological polar surface area (TPSA) is 89.3 Å². The van der Waals surface area contributed by atoms with Gasteiger partial charge in [-0.3, -0.25) is 9.48 Å². The van der Waals surface area contributed by atoms with Gasteiger partial charge < -0.3 is 15.2 Å². The Bertz CT molecular complexity index is 571. The third-order valence-corrected chi connectivity index (χ3v) is 5.62. The first-order valence-electron chi connectivity index (χ1n) is 10.1. The maximum absolute atomic E-state index is 12.4. The third kappa shape index (κ3) is 5.04. The normalized spacial score (nSPS) is 26.9. The highest BCUT2D eigenvalue weighted by Gasteiger charge is 2.33. The van der Waals surface area contributed by atoms with E-state index in [9.17, 15) is 9.90 Å². The zero-order valence-electron chi connectivity index (χ0n) is 15.8. The number of carbonyl (C=O) groups is 1. The molecule has 0 unspecified atom stereocenters. The van der Waals surface area contributed by atoms with Gasteiger partial charge in [-0.2, -0.15) is 0 Å². The van der Waals surface area contributed by atoms with Crippen LogP contribution < -0.4 is 5.32 Å². The van der Waals surface area contributed by atoms with Gasteiger partial charge in [-0.1, -0.05) is 31.4 Å². The molecule has 1 aromatic rings. The van der Waals surface area contributed by atoms with Crippen molar-refractivity contribution in [2.75, 3.05) is 6.61 Å². The number of carbonyl (C=O) groups excluding carboxylic acids is 1. The lowest BCUT2D eigenvalue weighted by molar-refractivity contribution is -0.132. The summed E-state index contributed by atoms with van der Waals surface area (Å²) in [6.45, 7) is 2.83. The smallest absolute Gasteiger partial charge is 0.223 e. The Morgan fingerprint density at radius 2 is 2.15 bits per heavy atom. The highest BCUT2D eigenvalue weighted by molar-refractivity contribution is 5.79. The molecule has 1 saturated carbocycles. The first-order chi connectivity index (χ1) is 12.7. The number of amides is 1. The van der Waals surface area contributed by atoms with E-state index in [4.69, 9.17) is 4.74 Å². The molecule has 146 valence electrons. The second kappa shape index (κ2) is 9.46. The van der Waals surface area contributed by atoms with Crippen LogP contribution in [0.25, 0.3) is 0 Å². The number of nitrogens with zero attached hydrogens (tertiary/aromatic N) is 3. The number of hydrogen-bond donors (Lipinski definition) is 2. The van der Waals surface area contributed by atoms with Crippen LogP contribution in [-0.4, -0.2) is 50.9 Å². The van der Waals surface area contributed by atoms with E-state index >= 15 is 0 Å². The minimum atomic E-state index is -0.314. The van der Waals surface area contributed by atoms with Crippen molar-refractivity contribution in [3.05, 3.63) is 11.9 Å². The van der Waals surface area contributed by atoms with Crippen molar-refractivity contribution in [1.29, 1.82) is 0 Å². The summed E-state index contributed by atoms with van der Waals surface area (Å²) in [6.07, 6.45) is 10.7. The van der Waals surface area contributed by atoms with Gasteiger partial charge in [0.1, 0.15) is 6.10 Å². The number of aliphatic hydroxyl groups excluding tert-OH is 1. The molecule has 0 radical (unpaired) electrons. The summed E-state index contributed by atoms with van der Waals surface area (Å²) in [4.78, 5) is 12.4. The summed E-state index contributed by atoms with van der Waals surface area (Å²) in [5.74, 6) is 0.288. The number of rotatable bonds is 8. The lowest BCUT2D eigenvalue weighted by Gasteiger charge is -2.36. The summed E-state index contributed by atoms with van der Waals surface area (Å²) in [7, 11) is 0. The van der Waals surface area contributed by atoms with E-state index in [0.717, 1.165) is 70.0 Å². The van der Waals surface area contributed by atoms with Gasteiger partial charge in [-0.15, -0.1) is 5.10 Å². The molecule has 1 aliphatic heterocycles. The van der Waals surface area contributed by atoms with Gasteiger partial charge in [-0.25, -0.2) is 0 Å². The van der Waals surface area contributed by atoms with E-state index in [1.165, 1.54) is 0 Å². The van der Waals surface area contributed by atoms with E-state index in [0.29, 0.717) is 0 Å². The Morgan fingerprint density at radius 1 is 1.35 bits per heavy atom. The Labute approximate surface area is 155 Å². The molecule has 1 saturated heterocycles. The van der Waals surface area contributed by atoms with E-state index in [1.54, 1.807) is 0 Å². The zero-order chi connectivity index (χ0) is 18.4. The first-order valence-corrected chi connectivity index (χ1v) is 10.1. The molecule has 7 nitrogen and oxygen atoms in total. The molecule has 2 aliphatic rings. The fraction of sp³-hybridized carbons (Fsp3) is 0.842. The molecule has 1 aliphatic carbocycles. The van der Waals surface area contributed by atoms with Gasteiger partial charge in [0.05, 0.1) is 24.4 Å². The highest BCUT2D eigenvalue weighted by atomic mass is 16.5. The fourth-order valence-corrected chi connectivity index (χ4v) is 4.09. The molecule has 1 amide bonds. The van der Waals surface area contributed by atoms with Crippen LogP contribution in [0.3, 0.4) is 0 Å². The molecule has 2 fully saturated rings. The molecule has 2 heterocycles. The van der Waals surface area contributed by atoms with Crippen LogP contribution in [0.1, 0.15) is 64.0 Å². The maximum atomic E-state index is 12.4. The van der Waals surface area contributed by atoms with Crippen LogP contribution in [0.15, 0.2) is 6.20 Å². The largest absolute Gasteiger partial charge is 0.394 e. The molecule has 0 aromatic carbocycles. The van der Waals surface area contributed by atoms with Gasteiger partial charge in [-0.05, 0) is 38.5 Å². The molecule has 3 rings (SSSR count). The number of nitrogens with one attached hydrogen (secondary N) is 1. The van der Waals surface area contributed by atoms with Crippen molar-refractivity contribution >= 4 is 5.91 Å². The van der Waals surface area contributed by atoms with E-state index < -0.39 is 0 Å². The van der Waals surface area contributed by atoms with Crippen LogP contribution in [0, 0.1) is 5.92 Å². The van der Waals surface area contributed by atoms with Crippen molar-refractivity contribution in [2.24, 2.45) is 5.92 Å². The van der Waals surface area contributed by atoms with E-state index in [-0.39, 0.29) is 36.7 Å². The quantitative estimate of drug-likeness (QED) is 0.735. The predicted molar refractivity (Wildman–Crippen MR) is 97.5 cm³/mol. The third-order valence-electron chi connectivity index (χ3n) is 5.62. The summed E-state index contributed by atoms with van der Waals surface area (Å²) < 4.78 is 7.93. The Balaban J connectivity index is 1.45. The number of hydrogen-bond acceptors (Lipinski definition) is 5. The Hall–Kier alpha value is -1.47. The van der Waals surface area contributed by atoms with Gasteiger partial charge in [0, 0.05) is 18.7 Å². The Kier molecular flexibility index (Phi) is 7.02. The molecule has 2 N–H and O–H groups in total. The molecule has 3 atom stereocenters. The van der Waals surface area contributed by atoms with E-state index in [2.05, 4.69) is 22.6 Å². The minimum Gasteiger partial charge on any atom is -0.394 e. The second-order valence-corrected chi connectivity index (χ2v) is 7.66. The van der Waals surface area contributed by atoms with Crippen molar-refractivity contribution in [3.8, 4) is 0 Å². The summed E-state index contributed by atoms with van der Waals surface area (Å²) in [6, 6.07) is -0.0770. The Morgan fingerprint density at radius 3 is 2.88 bits per heavy atom. The monoisotopic (exact) mass is 364 g/mol. The van der Waals surface area contributed by atoms with E-state index in [1.807, 2.05) is 10.9 Å². The number of aryl methyl sites for hydroxylation is 2. The first kappa shape index (κ1) is 19.3. The maximum Gasteiger partial charge on any atom is 0.223 e. The average molecular weight is 364 g/mol. The molecule has 0 bridgehead atoms. The molecule has 0 spiro atoms. The second-order valence-electron chi connectivity index (χ2n) is 7.66. The predicted octanol–water partition coefficient (Wildman–Crippen LogP) is 1.84. The van der Waals surface area contributed by atoms with Crippen LogP contribution >= 0.6 is 0 Å². The van der Waals surface area contributed by atoms with Crippen molar-refractivity contribution in [1.82, 2.24) is 20.3 Å². The standard InChI is InChI=1S/C19H32N4O3/c1-2-5-15-12-23(22-21-15)11-10-16-8-9-17(18(13-24)26-16)20-19(25)14-6-3-4-7-14/h12,14,16-18,24H,2-11,13H2,1H3,(H,20,25)/t16-,17+,18+/m1/s1. The number of aliphatic hydroxyl groups is 1. The average Bonchev–Trinajstić information content (AvgIpc) is 3.33. The molecule has 26 heavy (non-hydrogen) atoms. The molecular weight excluding hydrogens is 332 g/mol. The van der Waals surface area contributed by atoms with Crippen molar-refractivity contribution in [3.63, 3.8) is 0 Å². The SMILES string of the molecule is CCCc1cn(CC[C@H]2CC[C@H](NC(=O)C3CCCC3)[C@H](CO)O2)nn1. The summed E-state index contributed by atoms with van der Waals surface area (Å²) >= 11 is 0. The van der Waals surface area contributed by atoms with Gasteiger partial charge in [0.15, 0.2) is 0 Å². The van der Waals surface area contributed by atoms with Gasteiger partial charge >= 0.3 is 0 Å². The van der Waals surface area contributed by atoms with Gasteiger partial charge in [0.25, 0.3) is 0 Å². The minimum absolute atomic E-state index is 0.0594. The lowest BCUT2D eigenvalue weighted by Crippen LogP contribution is -2.52. The van der Waals surface area contributed by atoms with Crippen molar-refractivity contribution < 1.29 is 14.6 Å². The van der Waals surface area contributed by atoms with Crippen molar-refractivity contribution in [2.45, 2.75) is 89.5 Å².